The zero-order valence-corrected chi connectivity index (χ0v) is 6.47. The Bertz CT molecular complexity index is 312. The highest BCUT2D eigenvalue weighted by Crippen LogP contribution is 2.14. The van der Waals surface area contributed by atoms with E-state index in [1.165, 1.54) is 6.92 Å². The SMILES string of the molecule is Cc1cc(F)c(CN=O)cc1F. The predicted octanol–water partition coefficient (Wildman–Crippen LogP) is 2.54. The van der Waals surface area contributed by atoms with Gasteiger partial charge in [0.25, 0.3) is 0 Å². The molecule has 0 fully saturated rings. The quantitative estimate of drug-likeness (QED) is 0.628. The summed E-state index contributed by atoms with van der Waals surface area (Å²) in [7, 11) is 0. The second kappa shape index (κ2) is 3.38. The minimum absolute atomic E-state index is 0.00639. The second-order valence-electron chi connectivity index (χ2n) is 2.48. The van der Waals surface area contributed by atoms with Crippen LogP contribution in [0.1, 0.15) is 11.1 Å². The zero-order valence-electron chi connectivity index (χ0n) is 6.47. The molecule has 0 amide bonds. The lowest BCUT2D eigenvalue weighted by atomic mass is 10.1. The highest BCUT2D eigenvalue weighted by molar-refractivity contribution is 5.25. The Morgan fingerprint density at radius 2 is 2.00 bits per heavy atom. The summed E-state index contributed by atoms with van der Waals surface area (Å²) >= 11 is 0. The van der Waals surface area contributed by atoms with Crippen LogP contribution in [0, 0.1) is 23.5 Å². The zero-order chi connectivity index (χ0) is 9.14. The summed E-state index contributed by atoms with van der Waals surface area (Å²) in [6, 6.07) is 2.04. The number of rotatable bonds is 2. The normalized spacial score (nSPS) is 9.92. The number of hydrogen-bond acceptors (Lipinski definition) is 2. The van der Waals surface area contributed by atoms with Crippen LogP contribution in [-0.4, -0.2) is 0 Å². The molecule has 1 aromatic carbocycles. The van der Waals surface area contributed by atoms with E-state index in [-0.39, 0.29) is 17.7 Å². The van der Waals surface area contributed by atoms with Crippen LogP contribution in [0.2, 0.25) is 0 Å². The van der Waals surface area contributed by atoms with Crippen LogP contribution >= 0.6 is 0 Å². The first-order valence-electron chi connectivity index (χ1n) is 3.39. The number of hydrogen-bond donors (Lipinski definition) is 0. The lowest BCUT2D eigenvalue weighted by Crippen LogP contribution is -1.92. The van der Waals surface area contributed by atoms with Crippen molar-refractivity contribution in [2.45, 2.75) is 13.5 Å². The van der Waals surface area contributed by atoms with E-state index in [1.54, 1.807) is 0 Å². The molecule has 0 saturated carbocycles. The first-order valence-corrected chi connectivity index (χ1v) is 3.39. The summed E-state index contributed by atoms with van der Waals surface area (Å²) in [6.45, 7) is 1.12. The van der Waals surface area contributed by atoms with Crippen molar-refractivity contribution in [3.8, 4) is 0 Å². The molecule has 0 unspecified atom stereocenters. The molecule has 1 aromatic rings. The second-order valence-corrected chi connectivity index (χ2v) is 2.48. The maximum atomic E-state index is 12.9. The molecule has 1 rings (SSSR count). The molecule has 0 aliphatic heterocycles. The summed E-state index contributed by atoms with van der Waals surface area (Å²) in [5.74, 6) is -1.11. The molecule has 0 aromatic heterocycles. The Morgan fingerprint density at radius 3 is 2.58 bits per heavy atom. The monoisotopic (exact) mass is 171 g/mol. The molecule has 0 N–H and O–H groups in total. The molecule has 0 aliphatic carbocycles. The smallest absolute Gasteiger partial charge is 0.128 e. The van der Waals surface area contributed by atoms with E-state index < -0.39 is 11.6 Å². The standard InChI is InChI=1S/C8H7F2NO/c1-5-2-8(10)6(4-11-12)3-7(5)9/h2-3H,4H2,1H3. The van der Waals surface area contributed by atoms with Crippen LogP contribution in [0.3, 0.4) is 0 Å². The summed E-state index contributed by atoms with van der Waals surface area (Å²) in [4.78, 5) is 9.78. The number of nitroso groups, excluding NO2 is 1. The number of nitrogens with zero attached hydrogens (tertiary/aromatic N) is 1. The largest absolute Gasteiger partial charge is 0.207 e. The van der Waals surface area contributed by atoms with Crippen LogP contribution in [0.25, 0.3) is 0 Å². The van der Waals surface area contributed by atoms with Gasteiger partial charge in [0.05, 0.1) is 0 Å². The molecule has 0 bridgehead atoms. The van der Waals surface area contributed by atoms with Gasteiger partial charge in [-0.3, -0.25) is 0 Å². The van der Waals surface area contributed by atoms with E-state index >= 15 is 0 Å². The molecule has 0 spiro atoms. The third-order valence-corrected chi connectivity index (χ3v) is 1.56. The fraction of sp³-hybridized carbons (Fsp3) is 0.250. The fourth-order valence-corrected chi connectivity index (χ4v) is 0.878. The van der Waals surface area contributed by atoms with Crippen molar-refractivity contribution in [2.75, 3.05) is 0 Å². The average Bonchev–Trinajstić information content (AvgIpc) is 2.01. The maximum Gasteiger partial charge on any atom is 0.128 e. The first-order chi connectivity index (χ1) is 5.65. The third kappa shape index (κ3) is 1.64. The van der Waals surface area contributed by atoms with Crippen LogP contribution in [0.4, 0.5) is 8.78 Å². The Kier molecular flexibility index (Phi) is 2.47. The van der Waals surface area contributed by atoms with Gasteiger partial charge < -0.3 is 0 Å². The highest BCUT2D eigenvalue weighted by Gasteiger charge is 2.06. The summed E-state index contributed by atoms with van der Waals surface area (Å²) < 4.78 is 25.6. The van der Waals surface area contributed by atoms with Gasteiger partial charge in [-0.05, 0) is 24.6 Å². The Labute approximate surface area is 68.2 Å². The lowest BCUT2D eigenvalue weighted by molar-refractivity contribution is 0.579. The molecule has 4 heteroatoms. The van der Waals surface area contributed by atoms with Crippen molar-refractivity contribution in [2.24, 2.45) is 5.18 Å². The van der Waals surface area contributed by atoms with Crippen molar-refractivity contribution in [3.63, 3.8) is 0 Å². The first kappa shape index (κ1) is 8.77. The van der Waals surface area contributed by atoms with Crippen molar-refractivity contribution in [1.82, 2.24) is 0 Å². The van der Waals surface area contributed by atoms with Gasteiger partial charge in [0.2, 0.25) is 0 Å². The van der Waals surface area contributed by atoms with Crippen molar-refractivity contribution >= 4 is 0 Å². The Hall–Kier alpha value is -1.32. The van der Waals surface area contributed by atoms with Gasteiger partial charge in [0, 0.05) is 5.56 Å². The number of halogens is 2. The molecular weight excluding hydrogens is 164 g/mol. The summed E-state index contributed by atoms with van der Waals surface area (Å²) in [5.41, 5.74) is 0.218. The van der Waals surface area contributed by atoms with Gasteiger partial charge in [-0.1, -0.05) is 5.18 Å². The highest BCUT2D eigenvalue weighted by atomic mass is 19.1. The van der Waals surface area contributed by atoms with Crippen LogP contribution in [-0.2, 0) is 6.54 Å². The van der Waals surface area contributed by atoms with E-state index in [0.717, 1.165) is 12.1 Å². The van der Waals surface area contributed by atoms with E-state index in [9.17, 15) is 13.7 Å². The fourth-order valence-electron chi connectivity index (χ4n) is 0.878. The number of benzene rings is 1. The molecule has 0 atom stereocenters. The molecule has 12 heavy (non-hydrogen) atoms. The average molecular weight is 171 g/mol. The van der Waals surface area contributed by atoms with Crippen LogP contribution < -0.4 is 0 Å². The molecular formula is C8H7F2NO. The summed E-state index contributed by atoms with van der Waals surface area (Å²) in [5, 5.41) is 2.48. The molecule has 2 nitrogen and oxygen atoms in total. The van der Waals surface area contributed by atoms with Gasteiger partial charge in [0.1, 0.15) is 18.2 Å². The van der Waals surface area contributed by atoms with E-state index in [4.69, 9.17) is 0 Å². The van der Waals surface area contributed by atoms with E-state index in [0.29, 0.717) is 0 Å². The molecule has 0 heterocycles. The van der Waals surface area contributed by atoms with Gasteiger partial charge in [-0.2, -0.15) is 4.91 Å². The molecule has 0 saturated heterocycles. The van der Waals surface area contributed by atoms with Crippen molar-refractivity contribution < 1.29 is 8.78 Å². The van der Waals surface area contributed by atoms with Gasteiger partial charge in [0.15, 0.2) is 0 Å². The maximum absolute atomic E-state index is 12.9. The van der Waals surface area contributed by atoms with Crippen LogP contribution in [0.5, 0.6) is 0 Å². The molecule has 64 valence electrons. The summed E-state index contributed by atoms with van der Waals surface area (Å²) in [6.07, 6.45) is 0. The third-order valence-electron chi connectivity index (χ3n) is 1.56. The lowest BCUT2D eigenvalue weighted by Gasteiger charge is -2.00. The van der Waals surface area contributed by atoms with E-state index in [2.05, 4.69) is 5.18 Å². The van der Waals surface area contributed by atoms with Crippen LogP contribution in [0.15, 0.2) is 17.3 Å². The number of aryl methyl sites for hydroxylation is 1. The van der Waals surface area contributed by atoms with Gasteiger partial charge in [-0.25, -0.2) is 8.78 Å². The molecule has 0 radical (unpaired) electrons. The van der Waals surface area contributed by atoms with Crippen molar-refractivity contribution in [1.29, 1.82) is 0 Å². The minimum atomic E-state index is -0.589. The predicted molar refractivity (Wildman–Crippen MR) is 40.6 cm³/mol. The van der Waals surface area contributed by atoms with Crippen molar-refractivity contribution in [3.05, 3.63) is 39.8 Å². The van der Waals surface area contributed by atoms with Gasteiger partial charge in [-0.15, -0.1) is 0 Å². The Balaban J connectivity index is 3.13. The topological polar surface area (TPSA) is 29.4 Å². The minimum Gasteiger partial charge on any atom is -0.207 e. The van der Waals surface area contributed by atoms with Gasteiger partial charge >= 0.3 is 0 Å². The Morgan fingerprint density at radius 1 is 1.33 bits per heavy atom. The molecule has 0 aliphatic rings. The van der Waals surface area contributed by atoms with E-state index in [1.807, 2.05) is 0 Å².